The van der Waals surface area contributed by atoms with Crippen molar-refractivity contribution < 1.29 is 4.43 Å². The van der Waals surface area contributed by atoms with Crippen LogP contribution in [0.1, 0.15) is 20.8 Å². The number of nitrogens with one attached hydrogen (secondary N) is 1. The summed E-state index contributed by atoms with van der Waals surface area (Å²) < 4.78 is 6.38. The zero-order chi connectivity index (χ0) is 20.4. The van der Waals surface area contributed by atoms with E-state index in [1.54, 1.807) is 0 Å². The van der Waals surface area contributed by atoms with Crippen LogP contribution in [0.4, 0.5) is 17.1 Å². The summed E-state index contributed by atoms with van der Waals surface area (Å²) >= 11 is 0. The van der Waals surface area contributed by atoms with Gasteiger partial charge < -0.3 is 19.5 Å². The molecule has 0 amide bonds. The summed E-state index contributed by atoms with van der Waals surface area (Å²) in [6, 6.07) is 17.1. The van der Waals surface area contributed by atoms with E-state index < -0.39 is 8.32 Å². The molecule has 1 heterocycles. The van der Waals surface area contributed by atoms with Gasteiger partial charge in [0.1, 0.15) is 5.75 Å². The van der Waals surface area contributed by atoms with Crippen LogP contribution >= 0.6 is 0 Å². The fourth-order valence-corrected chi connectivity index (χ4v) is 4.10. The molecular weight excluding hydrogens is 362 g/mol. The van der Waals surface area contributed by atoms with Crippen LogP contribution in [0.5, 0.6) is 5.75 Å². The van der Waals surface area contributed by atoms with Crippen molar-refractivity contribution >= 4 is 25.4 Å². The van der Waals surface area contributed by atoms with Crippen LogP contribution in [0, 0.1) is 0 Å². The highest BCUT2D eigenvalue weighted by atomic mass is 28.4. The third kappa shape index (κ3) is 5.09. The number of hydrogen-bond donors (Lipinski definition) is 1. The third-order valence-corrected chi connectivity index (χ3v) is 10.4. The third-order valence-electron chi connectivity index (χ3n) is 6.04. The van der Waals surface area contributed by atoms with Gasteiger partial charge in [-0.15, -0.1) is 0 Å². The minimum atomic E-state index is -1.80. The molecule has 2 aromatic carbocycles. The van der Waals surface area contributed by atoms with E-state index in [1.165, 1.54) is 5.69 Å². The normalized spacial score (nSPS) is 16.1. The number of hydrogen-bond acceptors (Lipinski definition) is 4. The van der Waals surface area contributed by atoms with Crippen LogP contribution in [0.15, 0.2) is 48.5 Å². The van der Waals surface area contributed by atoms with Crippen molar-refractivity contribution in [1.29, 1.82) is 0 Å². The molecule has 2 aromatic rings. The number of rotatable bonds is 5. The van der Waals surface area contributed by atoms with E-state index in [1.807, 2.05) is 0 Å². The smallest absolute Gasteiger partial charge is 0.250 e. The van der Waals surface area contributed by atoms with E-state index in [4.69, 9.17) is 4.43 Å². The predicted octanol–water partition coefficient (Wildman–Crippen LogP) is 5.57. The van der Waals surface area contributed by atoms with Crippen molar-refractivity contribution in [2.24, 2.45) is 0 Å². The van der Waals surface area contributed by atoms with Crippen LogP contribution in [-0.4, -0.2) is 46.4 Å². The van der Waals surface area contributed by atoms with Crippen LogP contribution in [-0.2, 0) is 0 Å². The second-order valence-corrected chi connectivity index (χ2v) is 14.1. The van der Waals surface area contributed by atoms with Gasteiger partial charge in [-0.1, -0.05) is 26.8 Å². The summed E-state index contributed by atoms with van der Waals surface area (Å²) in [4.78, 5) is 4.84. The molecule has 0 radical (unpaired) electrons. The van der Waals surface area contributed by atoms with Gasteiger partial charge in [-0.2, -0.15) is 0 Å². The quantitative estimate of drug-likeness (QED) is 0.668. The van der Waals surface area contributed by atoms with Crippen LogP contribution in [0.2, 0.25) is 18.1 Å². The van der Waals surface area contributed by atoms with Crippen molar-refractivity contribution in [3.63, 3.8) is 0 Å². The average molecular weight is 398 g/mol. The molecule has 1 aliphatic rings. The lowest BCUT2D eigenvalue weighted by Gasteiger charge is -2.36. The average Bonchev–Trinajstić information content (AvgIpc) is 2.63. The molecule has 4 nitrogen and oxygen atoms in total. The zero-order valence-corrected chi connectivity index (χ0v) is 19.2. The lowest BCUT2D eigenvalue weighted by atomic mass is 10.2. The van der Waals surface area contributed by atoms with E-state index >= 15 is 0 Å². The summed E-state index contributed by atoms with van der Waals surface area (Å²) in [5.74, 6) is 0.961. The van der Waals surface area contributed by atoms with E-state index in [2.05, 4.69) is 105 Å². The lowest BCUT2D eigenvalue weighted by Crippen LogP contribution is -2.44. The largest absolute Gasteiger partial charge is 0.544 e. The molecule has 0 unspecified atom stereocenters. The van der Waals surface area contributed by atoms with Crippen molar-refractivity contribution in [3.05, 3.63) is 48.5 Å². The number of piperazine rings is 1. The highest BCUT2D eigenvalue weighted by Gasteiger charge is 2.38. The Kier molecular flexibility index (Phi) is 6.06. The Morgan fingerprint density at radius 2 is 1.54 bits per heavy atom. The van der Waals surface area contributed by atoms with Gasteiger partial charge in [-0.05, 0) is 67.6 Å². The van der Waals surface area contributed by atoms with Crippen LogP contribution in [0.3, 0.4) is 0 Å². The maximum absolute atomic E-state index is 6.38. The number of likely N-dealkylation sites (N-methyl/N-ethyl adjacent to an activating group) is 1. The second-order valence-electron chi connectivity index (χ2n) is 9.35. The highest BCUT2D eigenvalue weighted by molar-refractivity contribution is 6.74. The van der Waals surface area contributed by atoms with E-state index in [-0.39, 0.29) is 5.04 Å². The van der Waals surface area contributed by atoms with E-state index in [0.717, 1.165) is 43.3 Å². The molecule has 0 atom stereocenters. The molecule has 1 fully saturated rings. The molecule has 5 heteroatoms. The summed E-state index contributed by atoms with van der Waals surface area (Å²) in [5.41, 5.74) is 3.49. The first-order chi connectivity index (χ1) is 13.1. The molecule has 0 saturated carbocycles. The molecule has 1 N–H and O–H groups in total. The number of anilines is 3. The Morgan fingerprint density at radius 3 is 2.14 bits per heavy atom. The summed E-state index contributed by atoms with van der Waals surface area (Å²) in [5, 5.41) is 3.73. The molecule has 0 aromatic heterocycles. The minimum absolute atomic E-state index is 0.202. The standard InChI is InChI=1S/C23H35N3OSi/c1-23(2,3)28(5,6)27-22-12-10-19(11-13-22)24-20-8-7-9-21(18-20)26-16-14-25(4)15-17-26/h7-13,18,24H,14-17H2,1-6H3. The van der Waals surface area contributed by atoms with Gasteiger partial charge >= 0.3 is 0 Å². The van der Waals surface area contributed by atoms with Gasteiger partial charge in [0.05, 0.1) is 0 Å². The minimum Gasteiger partial charge on any atom is -0.544 e. The van der Waals surface area contributed by atoms with Crippen molar-refractivity contribution in [2.45, 2.75) is 38.9 Å². The fraction of sp³-hybridized carbons (Fsp3) is 0.478. The van der Waals surface area contributed by atoms with Crippen LogP contribution in [0.25, 0.3) is 0 Å². The van der Waals surface area contributed by atoms with Crippen LogP contribution < -0.4 is 14.6 Å². The van der Waals surface area contributed by atoms with E-state index in [0.29, 0.717) is 0 Å². The second kappa shape index (κ2) is 8.17. The number of benzene rings is 2. The Bertz CT molecular complexity index is 775. The molecule has 0 spiro atoms. The maximum atomic E-state index is 6.38. The Hall–Kier alpha value is -1.98. The predicted molar refractivity (Wildman–Crippen MR) is 124 cm³/mol. The monoisotopic (exact) mass is 397 g/mol. The zero-order valence-electron chi connectivity index (χ0n) is 18.2. The van der Waals surface area contributed by atoms with E-state index in [9.17, 15) is 0 Å². The van der Waals surface area contributed by atoms with Gasteiger partial charge in [0.2, 0.25) is 8.32 Å². The summed E-state index contributed by atoms with van der Waals surface area (Å²) in [6.07, 6.45) is 0. The maximum Gasteiger partial charge on any atom is 0.250 e. The van der Waals surface area contributed by atoms with Gasteiger partial charge in [0.15, 0.2) is 0 Å². The first-order valence-corrected chi connectivity index (χ1v) is 13.1. The molecule has 152 valence electrons. The Labute approximate surface area is 171 Å². The molecule has 0 bridgehead atoms. The van der Waals surface area contributed by atoms with Crippen molar-refractivity contribution in [2.75, 3.05) is 43.4 Å². The molecular formula is C23H35N3OSi. The highest BCUT2D eigenvalue weighted by Crippen LogP contribution is 2.37. The molecule has 28 heavy (non-hydrogen) atoms. The molecule has 1 aliphatic heterocycles. The molecule has 1 saturated heterocycles. The van der Waals surface area contributed by atoms with Gasteiger partial charge in [-0.3, -0.25) is 0 Å². The molecule has 0 aliphatic carbocycles. The molecule has 3 rings (SSSR count). The Balaban J connectivity index is 1.65. The lowest BCUT2D eigenvalue weighted by molar-refractivity contribution is 0.313. The van der Waals surface area contributed by atoms with Crippen molar-refractivity contribution in [3.8, 4) is 5.75 Å². The van der Waals surface area contributed by atoms with Crippen molar-refractivity contribution in [1.82, 2.24) is 4.90 Å². The number of nitrogens with zero attached hydrogens (tertiary/aromatic N) is 2. The summed E-state index contributed by atoms with van der Waals surface area (Å²) in [7, 11) is 0.390. The summed E-state index contributed by atoms with van der Waals surface area (Å²) in [6.45, 7) is 15.8. The Morgan fingerprint density at radius 1 is 0.893 bits per heavy atom. The first kappa shape index (κ1) is 20.7. The SMILES string of the molecule is CN1CCN(c2cccc(Nc3ccc(O[Si](C)(C)C(C)(C)C)cc3)c2)CC1. The first-order valence-electron chi connectivity index (χ1n) is 10.2. The topological polar surface area (TPSA) is 27.7 Å². The van der Waals surface area contributed by atoms with Gasteiger partial charge in [0.25, 0.3) is 0 Å². The van der Waals surface area contributed by atoms with Gasteiger partial charge in [0, 0.05) is 43.2 Å². The fourth-order valence-electron chi connectivity index (χ4n) is 3.07. The van der Waals surface area contributed by atoms with Gasteiger partial charge in [-0.25, -0.2) is 0 Å².